The zero-order valence-electron chi connectivity index (χ0n) is 29.1. The Hall–Kier alpha value is -4.48. The van der Waals surface area contributed by atoms with Crippen LogP contribution in [-0.4, -0.2) is 129 Å². The molecule has 0 aliphatic carbocycles. The van der Waals surface area contributed by atoms with E-state index in [9.17, 15) is 28.8 Å². The molecule has 1 heterocycles. The zero-order valence-corrected chi connectivity index (χ0v) is 29.1. The standard InChI is InChI=1S/C31H58N12O6/c1-22(44)40-24(10-7-15-37-30(32)33)28(48)36-14-5-3-4-12-26(46)41-25(11-8-16-38-31(34)35)29(49)39-21-23(45)9-6-13-27(47)43-19-17-42(2)18-20-43/h24-25H,3-21H2,1-2H3,(H,36,48)(H,39,49)(H,40,44)(H,41,46)(H4,32,33,37)(H4,34,35,38). The third kappa shape index (κ3) is 21.2. The highest BCUT2D eigenvalue weighted by Crippen LogP contribution is 2.07. The van der Waals surface area contributed by atoms with Crippen molar-refractivity contribution in [3.63, 3.8) is 0 Å². The summed E-state index contributed by atoms with van der Waals surface area (Å²) >= 11 is 0. The predicted octanol–water partition coefficient (Wildman–Crippen LogP) is -2.61. The van der Waals surface area contributed by atoms with Gasteiger partial charge in [0.25, 0.3) is 0 Å². The van der Waals surface area contributed by atoms with Crippen LogP contribution < -0.4 is 44.2 Å². The molecule has 1 rings (SSSR count). The van der Waals surface area contributed by atoms with Crippen LogP contribution in [0.15, 0.2) is 9.98 Å². The maximum absolute atomic E-state index is 12.9. The average molecular weight is 695 g/mol. The summed E-state index contributed by atoms with van der Waals surface area (Å²) in [5.74, 6) is -1.75. The summed E-state index contributed by atoms with van der Waals surface area (Å²) in [5.41, 5.74) is 21.4. The highest BCUT2D eigenvalue weighted by atomic mass is 16.2. The van der Waals surface area contributed by atoms with E-state index in [4.69, 9.17) is 22.9 Å². The lowest BCUT2D eigenvalue weighted by molar-refractivity contribution is -0.133. The van der Waals surface area contributed by atoms with E-state index in [1.54, 1.807) is 0 Å². The minimum Gasteiger partial charge on any atom is -0.370 e. The number of Topliss-reactive ketones (excluding diaryl/α,β-unsaturated/α-hetero) is 1. The molecule has 5 amide bonds. The average Bonchev–Trinajstić information content (AvgIpc) is 3.04. The van der Waals surface area contributed by atoms with Crippen LogP contribution >= 0.6 is 0 Å². The molecule has 1 aliphatic heterocycles. The highest BCUT2D eigenvalue weighted by molar-refractivity contribution is 5.91. The molecule has 18 heteroatoms. The van der Waals surface area contributed by atoms with Crippen molar-refractivity contribution < 1.29 is 28.8 Å². The van der Waals surface area contributed by atoms with Crippen molar-refractivity contribution >= 4 is 47.2 Å². The van der Waals surface area contributed by atoms with E-state index >= 15 is 0 Å². The zero-order chi connectivity index (χ0) is 36.6. The smallest absolute Gasteiger partial charge is 0.242 e. The number of hydrogen-bond acceptors (Lipinski definition) is 9. The first-order valence-corrected chi connectivity index (χ1v) is 17.0. The molecule has 2 unspecified atom stereocenters. The summed E-state index contributed by atoms with van der Waals surface area (Å²) in [5, 5.41) is 10.8. The van der Waals surface area contributed by atoms with Crippen LogP contribution in [-0.2, 0) is 28.8 Å². The molecule has 49 heavy (non-hydrogen) atoms. The maximum Gasteiger partial charge on any atom is 0.242 e. The second-order valence-electron chi connectivity index (χ2n) is 12.2. The molecule has 12 N–H and O–H groups in total. The Morgan fingerprint density at radius 3 is 1.82 bits per heavy atom. The van der Waals surface area contributed by atoms with Gasteiger partial charge in [0.2, 0.25) is 29.5 Å². The fourth-order valence-electron chi connectivity index (χ4n) is 5.03. The molecule has 0 radical (unpaired) electrons. The minimum absolute atomic E-state index is 0.0288. The Labute approximate surface area is 289 Å². The van der Waals surface area contributed by atoms with Crippen molar-refractivity contribution in [3.05, 3.63) is 0 Å². The van der Waals surface area contributed by atoms with Gasteiger partial charge in [-0.3, -0.25) is 38.8 Å². The summed E-state index contributed by atoms with van der Waals surface area (Å²) in [7, 11) is 2.01. The summed E-state index contributed by atoms with van der Waals surface area (Å²) in [6.45, 7) is 5.12. The van der Waals surface area contributed by atoms with Gasteiger partial charge in [0.1, 0.15) is 12.1 Å². The Kier molecular flexibility index (Phi) is 21.4. The van der Waals surface area contributed by atoms with Gasteiger partial charge in [-0.1, -0.05) is 6.42 Å². The van der Waals surface area contributed by atoms with E-state index in [2.05, 4.69) is 36.2 Å². The first-order valence-electron chi connectivity index (χ1n) is 17.0. The number of rotatable bonds is 24. The number of hydrogen-bond donors (Lipinski definition) is 8. The molecular weight excluding hydrogens is 636 g/mol. The fourth-order valence-corrected chi connectivity index (χ4v) is 5.03. The highest BCUT2D eigenvalue weighted by Gasteiger charge is 2.22. The lowest BCUT2D eigenvalue weighted by Crippen LogP contribution is -2.48. The first-order chi connectivity index (χ1) is 23.3. The second-order valence-corrected chi connectivity index (χ2v) is 12.2. The number of carbonyl (C=O) groups is 6. The van der Waals surface area contributed by atoms with Crippen molar-refractivity contribution in [2.75, 3.05) is 59.4 Å². The molecule has 0 spiro atoms. The molecule has 278 valence electrons. The SMILES string of the molecule is CC(=O)NC(CCCN=C(N)N)C(=O)NCCCCCC(=O)NC(CCCN=C(N)N)C(=O)NCC(=O)CCCC(=O)N1CCN(C)CC1. The molecule has 2 atom stereocenters. The molecule has 0 aromatic heterocycles. The van der Waals surface area contributed by atoms with E-state index in [0.29, 0.717) is 71.1 Å². The predicted molar refractivity (Wildman–Crippen MR) is 187 cm³/mol. The van der Waals surface area contributed by atoms with Gasteiger partial charge in [-0.15, -0.1) is 0 Å². The minimum atomic E-state index is -0.884. The van der Waals surface area contributed by atoms with Crippen LogP contribution in [0.4, 0.5) is 0 Å². The van der Waals surface area contributed by atoms with Crippen molar-refractivity contribution in [2.24, 2.45) is 32.9 Å². The van der Waals surface area contributed by atoms with Gasteiger partial charge in [-0.25, -0.2) is 0 Å². The third-order valence-electron chi connectivity index (χ3n) is 7.78. The van der Waals surface area contributed by atoms with Crippen molar-refractivity contribution in [1.29, 1.82) is 0 Å². The largest absolute Gasteiger partial charge is 0.370 e. The van der Waals surface area contributed by atoms with Crippen LogP contribution in [0.1, 0.15) is 77.6 Å². The maximum atomic E-state index is 12.9. The lowest BCUT2D eigenvalue weighted by atomic mass is 10.1. The topological polar surface area (TPSA) is 286 Å². The monoisotopic (exact) mass is 694 g/mol. The number of aliphatic imine (C=N–C) groups is 2. The number of nitrogens with one attached hydrogen (secondary N) is 4. The Bertz CT molecular complexity index is 1130. The molecule has 1 saturated heterocycles. The van der Waals surface area contributed by atoms with Crippen LogP contribution in [0.25, 0.3) is 0 Å². The molecular formula is C31H58N12O6. The molecule has 1 fully saturated rings. The van der Waals surface area contributed by atoms with Crippen LogP contribution in [0.3, 0.4) is 0 Å². The van der Waals surface area contributed by atoms with Gasteiger partial charge in [-0.2, -0.15) is 0 Å². The normalized spacial score (nSPS) is 14.1. The Balaban J connectivity index is 2.45. The van der Waals surface area contributed by atoms with Crippen LogP contribution in [0, 0.1) is 0 Å². The van der Waals surface area contributed by atoms with Gasteiger partial charge < -0.3 is 54.0 Å². The number of amides is 5. The van der Waals surface area contributed by atoms with Gasteiger partial charge in [0, 0.05) is 72.0 Å². The van der Waals surface area contributed by atoms with Crippen molar-refractivity contribution in [2.45, 2.75) is 89.6 Å². The number of unbranched alkanes of at least 4 members (excludes halogenated alkanes) is 2. The summed E-state index contributed by atoms with van der Waals surface area (Å²) < 4.78 is 0. The van der Waals surface area contributed by atoms with Crippen LogP contribution in [0.2, 0.25) is 0 Å². The van der Waals surface area contributed by atoms with Gasteiger partial charge in [0.15, 0.2) is 17.7 Å². The van der Waals surface area contributed by atoms with Crippen molar-refractivity contribution in [1.82, 2.24) is 31.1 Å². The van der Waals surface area contributed by atoms with E-state index in [0.717, 1.165) is 13.1 Å². The molecule has 0 aromatic rings. The van der Waals surface area contributed by atoms with Gasteiger partial charge >= 0.3 is 0 Å². The van der Waals surface area contributed by atoms with Crippen molar-refractivity contribution in [3.8, 4) is 0 Å². The Morgan fingerprint density at radius 1 is 0.673 bits per heavy atom. The summed E-state index contributed by atoms with van der Waals surface area (Å²) in [6.07, 6.45) is 4.31. The molecule has 0 saturated carbocycles. The molecule has 18 nitrogen and oxygen atoms in total. The first kappa shape index (κ1) is 42.5. The third-order valence-corrected chi connectivity index (χ3v) is 7.78. The number of nitrogens with zero attached hydrogens (tertiary/aromatic N) is 4. The number of ketones is 1. The number of carbonyl (C=O) groups excluding carboxylic acids is 6. The number of piperazine rings is 1. The number of guanidine groups is 2. The van der Waals surface area contributed by atoms with E-state index < -0.39 is 18.0 Å². The fraction of sp³-hybridized carbons (Fsp3) is 0.742. The lowest BCUT2D eigenvalue weighted by Gasteiger charge is -2.32. The van der Waals surface area contributed by atoms with Gasteiger partial charge in [0.05, 0.1) is 6.54 Å². The Morgan fingerprint density at radius 2 is 1.24 bits per heavy atom. The van der Waals surface area contributed by atoms with Gasteiger partial charge in [-0.05, 0) is 52.0 Å². The molecule has 0 bridgehead atoms. The number of likely N-dealkylation sites (N-methyl/N-ethyl adjacent to an activating group) is 1. The van der Waals surface area contributed by atoms with E-state index in [-0.39, 0.29) is 80.1 Å². The quantitative estimate of drug-likeness (QED) is 0.0294. The second kappa shape index (κ2) is 24.6. The van der Waals surface area contributed by atoms with E-state index in [1.165, 1.54) is 6.92 Å². The van der Waals surface area contributed by atoms with Crippen LogP contribution in [0.5, 0.6) is 0 Å². The van der Waals surface area contributed by atoms with E-state index in [1.807, 2.05) is 11.9 Å². The summed E-state index contributed by atoms with van der Waals surface area (Å²) in [4.78, 5) is 86.3. The molecule has 0 aromatic carbocycles. The summed E-state index contributed by atoms with van der Waals surface area (Å²) in [6, 6.07) is -1.59. The molecule has 1 aliphatic rings. The number of nitrogens with two attached hydrogens (primary N) is 4.